The van der Waals surface area contributed by atoms with E-state index in [0.717, 1.165) is 45.1 Å². The van der Waals surface area contributed by atoms with Gasteiger partial charge in [-0.05, 0) is 31.7 Å². The molecule has 24 heavy (non-hydrogen) atoms. The predicted molar refractivity (Wildman–Crippen MR) is 114 cm³/mol. The van der Waals surface area contributed by atoms with Gasteiger partial charge in [-0.1, -0.05) is 43.7 Å². The molecule has 136 valence electrons. The summed E-state index contributed by atoms with van der Waals surface area (Å²) in [4.78, 5) is 7.22. The Kier molecular flexibility index (Phi) is 11.1. The van der Waals surface area contributed by atoms with E-state index in [0.29, 0.717) is 6.04 Å². The molecule has 1 saturated heterocycles. The summed E-state index contributed by atoms with van der Waals surface area (Å²) in [7, 11) is 0. The molecule has 0 bridgehead atoms. The molecule has 2 rings (SSSR count). The molecule has 1 aromatic carbocycles. The number of benzene rings is 1. The summed E-state index contributed by atoms with van der Waals surface area (Å²) in [5.74, 6) is 0.988. The van der Waals surface area contributed by atoms with Crippen molar-refractivity contribution in [1.82, 2.24) is 15.5 Å². The molecule has 0 aliphatic carbocycles. The summed E-state index contributed by atoms with van der Waals surface area (Å²) in [5.41, 5.74) is 1.41. The van der Waals surface area contributed by atoms with E-state index < -0.39 is 0 Å². The van der Waals surface area contributed by atoms with E-state index in [4.69, 9.17) is 0 Å². The van der Waals surface area contributed by atoms with Crippen molar-refractivity contribution in [2.45, 2.75) is 52.1 Å². The van der Waals surface area contributed by atoms with Crippen LogP contribution in [0.5, 0.6) is 0 Å². The third-order valence-electron chi connectivity index (χ3n) is 4.30. The molecule has 0 atom stereocenters. The Bertz CT molecular complexity index is 456. The second kappa shape index (κ2) is 12.5. The van der Waals surface area contributed by atoms with Gasteiger partial charge in [0.2, 0.25) is 0 Å². The number of likely N-dealkylation sites (tertiary alicyclic amines) is 1. The molecule has 0 amide bonds. The normalized spacial score (nSPS) is 16.5. The number of nitrogens with one attached hydrogen (secondary N) is 2. The molecule has 0 unspecified atom stereocenters. The van der Waals surface area contributed by atoms with E-state index in [1.165, 1.54) is 24.8 Å². The minimum absolute atomic E-state index is 0. The Hall–Kier alpha value is -0.820. The van der Waals surface area contributed by atoms with Crippen molar-refractivity contribution in [1.29, 1.82) is 0 Å². The largest absolute Gasteiger partial charge is 0.357 e. The Balaban J connectivity index is 0.00000288. The third kappa shape index (κ3) is 7.83. The highest BCUT2D eigenvalue weighted by atomic mass is 127. The van der Waals surface area contributed by atoms with Crippen molar-refractivity contribution in [2.75, 3.05) is 26.2 Å². The minimum atomic E-state index is 0. The SMILES string of the molecule is CCCCN=C(NCC)NC1CCN(Cc2ccccc2)CC1.I. The van der Waals surface area contributed by atoms with Gasteiger partial charge in [0, 0.05) is 38.8 Å². The molecule has 0 radical (unpaired) electrons. The Morgan fingerprint density at radius 1 is 1.17 bits per heavy atom. The molecule has 1 aliphatic heterocycles. The number of unbranched alkanes of at least 4 members (excludes halogenated alkanes) is 1. The smallest absolute Gasteiger partial charge is 0.191 e. The second-order valence-electron chi connectivity index (χ2n) is 6.29. The summed E-state index contributed by atoms with van der Waals surface area (Å²) in [6.45, 7) is 9.54. The molecule has 5 heteroatoms. The monoisotopic (exact) mass is 444 g/mol. The van der Waals surface area contributed by atoms with Crippen LogP contribution in [0.3, 0.4) is 0 Å². The number of guanidine groups is 1. The van der Waals surface area contributed by atoms with Crippen LogP contribution in [-0.2, 0) is 6.54 Å². The van der Waals surface area contributed by atoms with Crippen LogP contribution >= 0.6 is 24.0 Å². The fourth-order valence-electron chi connectivity index (χ4n) is 2.94. The van der Waals surface area contributed by atoms with Crippen LogP contribution in [0.2, 0.25) is 0 Å². The molecule has 0 saturated carbocycles. The van der Waals surface area contributed by atoms with Gasteiger partial charge in [-0.2, -0.15) is 0 Å². The van der Waals surface area contributed by atoms with Crippen molar-refractivity contribution >= 4 is 29.9 Å². The molecule has 1 fully saturated rings. The molecule has 1 heterocycles. The lowest BCUT2D eigenvalue weighted by atomic mass is 10.0. The van der Waals surface area contributed by atoms with E-state index in [1.54, 1.807) is 0 Å². The highest BCUT2D eigenvalue weighted by Gasteiger charge is 2.19. The highest BCUT2D eigenvalue weighted by Crippen LogP contribution is 2.13. The number of rotatable bonds is 7. The van der Waals surface area contributed by atoms with Crippen molar-refractivity contribution < 1.29 is 0 Å². The fraction of sp³-hybridized carbons (Fsp3) is 0.632. The van der Waals surface area contributed by atoms with Crippen molar-refractivity contribution in [3.05, 3.63) is 35.9 Å². The molecular weight excluding hydrogens is 411 g/mol. The maximum Gasteiger partial charge on any atom is 0.191 e. The molecule has 1 aromatic rings. The standard InChI is InChI=1S/C19H32N4.HI/c1-3-5-13-21-19(20-4-2)22-18-11-14-23(15-12-18)16-17-9-7-6-8-10-17;/h6-10,18H,3-5,11-16H2,1-2H3,(H2,20,21,22);1H. The van der Waals surface area contributed by atoms with E-state index in [1.807, 2.05) is 0 Å². The molecule has 0 aromatic heterocycles. The van der Waals surface area contributed by atoms with Gasteiger partial charge < -0.3 is 10.6 Å². The van der Waals surface area contributed by atoms with Gasteiger partial charge >= 0.3 is 0 Å². The summed E-state index contributed by atoms with van der Waals surface area (Å²) in [5, 5.41) is 6.98. The van der Waals surface area contributed by atoms with Crippen LogP contribution in [0.25, 0.3) is 0 Å². The summed E-state index contributed by atoms with van der Waals surface area (Å²) >= 11 is 0. The zero-order chi connectivity index (χ0) is 16.3. The van der Waals surface area contributed by atoms with Gasteiger partial charge in [0.25, 0.3) is 0 Å². The number of nitrogens with zero attached hydrogens (tertiary/aromatic N) is 2. The zero-order valence-electron chi connectivity index (χ0n) is 15.1. The number of halogens is 1. The summed E-state index contributed by atoms with van der Waals surface area (Å²) < 4.78 is 0. The number of piperidine rings is 1. The van der Waals surface area contributed by atoms with Gasteiger partial charge in [0.05, 0.1) is 0 Å². The lowest BCUT2D eigenvalue weighted by Gasteiger charge is -2.33. The van der Waals surface area contributed by atoms with E-state index in [9.17, 15) is 0 Å². The Labute approximate surface area is 164 Å². The maximum absolute atomic E-state index is 4.66. The van der Waals surface area contributed by atoms with Crippen molar-refractivity contribution in [2.24, 2.45) is 4.99 Å². The molecule has 0 spiro atoms. The van der Waals surface area contributed by atoms with Crippen LogP contribution in [0.4, 0.5) is 0 Å². The van der Waals surface area contributed by atoms with Gasteiger partial charge in [0.15, 0.2) is 5.96 Å². The summed E-state index contributed by atoms with van der Waals surface area (Å²) in [6.07, 6.45) is 4.73. The van der Waals surface area contributed by atoms with Crippen molar-refractivity contribution in [3.8, 4) is 0 Å². The predicted octanol–water partition coefficient (Wildman–Crippen LogP) is 3.62. The maximum atomic E-state index is 4.66. The average molecular weight is 444 g/mol. The van der Waals surface area contributed by atoms with Crippen LogP contribution in [0.15, 0.2) is 35.3 Å². The first kappa shape index (κ1) is 21.2. The van der Waals surface area contributed by atoms with E-state index >= 15 is 0 Å². The van der Waals surface area contributed by atoms with Gasteiger partial charge in [-0.3, -0.25) is 9.89 Å². The average Bonchev–Trinajstić information content (AvgIpc) is 2.58. The first-order valence-electron chi connectivity index (χ1n) is 9.13. The first-order valence-corrected chi connectivity index (χ1v) is 9.13. The zero-order valence-corrected chi connectivity index (χ0v) is 17.5. The molecule has 2 N–H and O–H groups in total. The van der Waals surface area contributed by atoms with Crippen LogP contribution in [0.1, 0.15) is 45.1 Å². The topological polar surface area (TPSA) is 39.7 Å². The molecular formula is C19H33IN4. The lowest BCUT2D eigenvalue weighted by Crippen LogP contribution is -2.48. The first-order chi connectivity index (χ1) is 11.3. The Morgan fingerprint density at radius 3 is 2.50 bits per heavy atom. The van der Waals surface area contributed by atoms with Gasteiger partial charge in [-0.25, -0.2) is 0 Å². The van der Waals surface area contributed by atoms with Gasteiger partial charge in [0.1, 0.15) is 0 Å². The van der Waals surface area contributed by atoms with Gasteiger partial charge in [-0.15, -0.1) is 24.0 Å². The Morgan fingerprint density at radius 2 is 1.88 bits per heavy atom. The summed E-state index contributed by atoms with van der Waals surface area (Å²) in [6, 6.07) is 11.3. The molecule has 4 nitrogen and oxygen atoms in total. The number of hydrogen-bond acceptors (Lipinski definition) is 2. The highest BCUT2D eigenvalue weighted by molar-refractivity contribution is 14.0. The van der Waals surface area contributed by atoms with E-state index in [2.05, 4.69) is 64.7 Å². The van der Waals surface area contributed by atoms with E-state index in [-0.39, 0.29) is 24.0 Å². The number of aliphatic imine (C=N–C) groups is 1. The minimum Gasteiger partial charge on any atom is -0.357 e. The van der Waals surface area contributed by atoms with Crippen molar-refractivity contribution in [3.63, 3.8) is 0 Å². The van der Waals surface area contributed by atoms with Crippen LogP contribution in [0, 0.1) is 0 Å². The third-order valence-corrected chi connectivity index (χ3v) is 4.30. The molecule has 1 aliphatic rings. The van der Waals surface area contributed by atoms with Crippen LogP contribution < -0.4 is 10.6 Å². The van der Waals surface area contributed by atoms with Crippen LogP contribution in [-0.4, -0.2) is 43.1 Å². The fourth-order valence-corrected chi connectivity index (χ4v) is 2.94. The quantitative estimate of drug-likeness (QED) is 0.292. The lowest BCUT2D eigenvalue weighted by molar-refractivity contribution is 0.198. The number of hydrogen-bond donors (Lipinski definition) is 2. The second-order valence-corrected chi connectivity index (χ2v) is 6.29.